The minimum Gasteiger partial charge on any atom is -0.271 e. The highest BCUT2D eigenvalue weighted by molar-refractivity contribution is 5.33. The van der Waals surface area contributed by atoms with Gasteiger partial charge in [0.2, 0.25) is 0 Å². The maximum absolute atomic E-state index is 5.29. The molecular formula is C11H16N2. The normalized spacial score (nSPS) is 15.5. The van der Waals surface area contributed by atoms with Crippen molar-refractivity contribution in [3.63, 3.8) is 0 Å². The highest BCUT2D eigenvalue weighted by Gasteiger charge is 2.08. The summed E-state index contributed by atoms with van der Waals surface area (Å²) in [6.07, 6.45) is 5.19. The summed E-state index contributed by atoms with van der Waals surface area (Å²) >= 11 is 0. The third-order valence-corrected chi connectivity index (χ3v) is 2.72. The number of hydrogen-bond donors (Lipinski definition) is 2. The summed E-state index contributed by atoms with van der Waals surface area (Å²) in [6, 6.07) is 6.71. The number of rotatable bonds is 2. The maximum atomic E-state index is 5.29. The van der Waals surface area contributed by atoms with Crippen LogP contribution in [0.5, 0.6) is 0 Å². The predicted molar refractivity (Wildman–Crippen MR) is 54.1 cm³/mol. The van der Waals surface area contributed by atoms with E-state index >= 15 is 0 Å². The smallest absolute Gasteiger partial charge is 0.0348 e. The van der Waals surface area contributed by atoms with Crippen LogP contribution in [0.15, 0.2) is 18.2 Å². The van der Waals surface area contributed by atoms with Crippen LogP contribution in [0.2, 0.25) is 0 Å². The molecule has 1 aliphatic rings. The molecule has 0 heterocycles. The van der Waals surface area contributed by atoms with E-state index in [1.54, 1.807) is 0 Å². The molecule has 0 spiro atoms. The van der Waals surface area contributed by atoms with Gasteiger partial charge in [0.25, 0.3) is 0 Å². The van der Waals surface area contributed by atoms with Gasteiger partial charge in [0.05, 0.1) is 0 Å². The predicted octanol–water partition coefficient (Wildman–Crippen LogP) is 1.53. The van der Waals surface area contributed by atoms with Crippen LogP contribution in [0.1, 0.15) is 29.5 Å². The average molecular weight is 176 g/mol. The second kappa shape index (κ2) is 3.90. The summed E-state index contributed by atoms with van der Waals surface area (Å²) in [5, 5.41) is 0. The molecule has 2 heteroatoms. The molecular weight excluding hydrogens is 160 g/mol. The molecule has 0 saturated carbocycles. The van der Waals surface area contributed by atoms with E-state index in [0.29, 0.717) is 0 Å². The van der Waals surface area contributed by atoms with Gasteiger partial charge in [0, 0.05) is 6.54 Å². The minimum atomic E-state index is 0.771. The third-order valence-electron chi connectivity index (χ3n) is 2.72. The van der Waals surface area contributed by atoms with Crippen LogP contribution in [0, 0.1) is 0 Å². The Bertz CT molecular complexity index is 294. The molecule has 0 saturated heterocycles. The number of hydrazine groups is 1. The second-order valence-electron chi connectivity index (χ2n) is 3.69. The van der Waals surface area contributed by atoms with Gasteiger partial charge in [-0.15, -0.1) is 0 Å². The number of fused-ring (bicyclic) bond motifs is 1. The Balaban J connectivity index is 2.24. The van der Waals surface area contributed by atoms with E-state index in [1.807, 2.05) is 0 Å². The van der Waals surface area contributed by atoms with E-state index in [0.717, 1.165) is 6.54 Å². The lowest BCUT2D eigenvalue weighted by Crippen LogP contribution is -2.21. The van der Waals surface area contributed by atoms with Crippen LogP contribution >= 0.6 is 0 Å². The zero-order valence-electron chi connectivity index (χ0n) is 7.84. The van der Waals surface area contributed by atoms with Crippen molar-refractivity contribution < 1.29 is 0 Å². The van der Waals surface area contributed by atoms with Crippen molar-refractivity contribution in [1.29, 1.82) is 0 Å². The van der Waals surface area contributed by atoms with Crippen molar-refractivity contribution in [2.45, 2.75) is 32.2 Å². The summed E-state index contributed by atoms with van der Waals surface area (Å²) < 4.78 is 0. The molecule has 70 valence electrons. The van der Waals surface area contributed by atoms with Gasteiger partial charge < -0.3 is 0 Å². The molecule has 0 atom stereocenters. The summed E-state index contributed by atoms with van der Waals surface area (Å²) in [7, 11) is 0. The Morgan fingerprint density at radius 3 is 2.69 bits per heavy atom. The van der Waals surface area contributed by atoms with Gasteiger partial charge in [-0.3, -0.25) is 11.3 Å². The number of nitrogens with two attached hydrogens (primary N) is 1. The first-order valence-electron chi connectivity index (χ1n) is 4.94. The van der Waals surface area contributed by atoms with Crippen molar-refractivity contribution in [3.05, 3.63) is 34.9 Å². The largest absolute Gasteiger partial charge is 0.271 e. The van der Waals surface area contributed by atoms with E-state index in [9.17, 15) is 0 Å². The number of benzene rings is 1. The maximum Gasteiger partial charge on any atom is 0.0348 e. The molecule has 0 unspecified atom stereocenters. The van der Waals surface area contributed by atoms with E-state index in [1.165, 1.54) is 42.4 Å². The molecule has 0 radical (unpaired) electrons. The Labute approximate surface area is 79.1 Å². The lowest BCUT2D eigenvalue weighted by atomic mass is 9.90. The summed E-state index contributed by atoms with van der Waals surface area (Å²) in [4.78, 5) is 0. The molecule has 2 nitrogen and oxygen atoms in total. The zero-order chi connectivity index (χ0) is 9.10. The molecule has 0 amide bonds. The van der Waals surface area contributed by atoms with Crippen LogP contribution in [0.25, 0.3) is 0 Å². The fourth-order valence-corrected chi connectivity index (χ4v) is 2.01. The van der Waals surface area contributed by atoms with Crippen molar-refractivity contribution in [2.75, 3.05) is 0 Å². The van der Waals surface area contributed by atoms with E-state index in [-0.39, 0.29) is 0 Å². The average Bonchev–Trinajstić information content (AvgIpc) is 2.18. The zero-order valence-corrected chi connectivity index (χ0v) is 7.84. The first-order valence-corrected chi connectivity index (χ1v) is 4.94. The number of hydrogen-bond acceptors (Lipinski definition) is 2. The SMILES string of the molecule is NNCc1ccc2c(c1)CCCC2. The molecule has 1 aromatic carbocycles. The highest BCUT2D eigenvalue weighted by Crippen LogP contribution is 2.21. The van der Waals surface area contributed by atoms with Gasteiger partial charge in [-0.05, 0) is 42.4 Å². The molecule has 2 rings (SSSR count). The molecule has 0 bridgehead atoms. The number of aryl methyl sites for hydroxylation is 2. The standard InChI is InChI=1S/C11H16N2/c12-13-8-9-5-6-10-3-1-2-4-11(10)7-9/h5-7,13H,1-4,8,12H2. The Morgan fingerprint density at radius 2 is 1.92 bits per heavy atom. The van der Waals surface area contributed by atoms with Gasteiger partial charge in [-0.25, -0.2) is 0 Å². The Hall–Kier alpha value is -0.860. The lowest BCUT2D eigenvalue weighted by Gasteiger charge is -2.16. The Morgan fingerprint density at radius 1 is 1.15 bits per heavy atom. The molecule has 0 fully saturated rings. The fraction of sp³-hybridized carbons (Fsp3) is 0.455. The van der Waals surface area contributed by atoms with Crippen molar-refractivity contribution in [3.8, 4) is 0 Å². The lowest BCUT2D eigenvalue weighted by molar-refractivity contribution is 0.680. The molecule has 13 heavy (non-hydrogen) atoms. The van der Waals surface area contributed by atoms with Gasteiger partial charge in [0.15, 0.2) is 0 Å². The first-order chi connectivity index (χ1) is 6.40. The highest BCUT2D eigenvalue weighted by atomic mass is 15.2. The summed E-state index contributed by atoms with van der Waals surface area (Å²) in [5.74, 6) is 5.29. The van der Waals surface area contributed by atoms with Crippen molar-refractivity contribution >= 4 is 0 Å². The molecule has 3 N–H and O–H groups in total. The molecule has 0 aliphatic heterocycles. The van der Waals surface area contributed by atoms with E-state index < -0.39 is 0 Å². The van der Waals surface area contributed by atoms with E-state index in [2.05, 4.69) is 23.6 Å². The van der Waals surface area contributed by atoms with Gasteiger partial charge in [0.1, 0.15) is 0 Å². The van der Waals surface area contributed by atoms with E-state index in [4.69, 9.17) is 5.84 Å². The van der Waals surface area contributed by atoms with Crippen LogP contribution in [-0.4, -0.2) is 0 Å². The van der Waals surface area contributed by atoms with Crippen molar-refractivity contribution in [2.24, 2.45) is 5.84 Å². The Kier molecular flexibility index (Phi) is 2.62. The van der Waals surface area contributed by atoms with Crippen molar-refractivity contribution in [1.82, 2.24) is 5.43 Å². The van der Waals surface area contributed by atoms with Crippen LogP contribution in [-0.2, 0) is 19.4 Å². The van der Waals surface area contributed by atoms with Crippen LogP contribution in [0.4, 0.5) is 0 Å². The summed E-state index contributed by atoms with van der Waals surface area (Å²) in [6.45, 7) is 0.771. The minimum absolute atomic E-state index is 0.771. The monoisotopic (exact) mass is 176 g/mol. The summed E-state index contributed by atoms with van der Waals surface area (Å²) in [5.41, 5.74) is 7.05. The number of nitrogens with one attached hydrogen (secondary N) is 1. The van der Waals surface area contributed by atoms with Gasteiger partial charge in [-0.1, -0.05) is 18.2 Å². The third kappa shape index (κ3) is 1.90. The second-order valence-corrected chi connectivity index (χ2v) is 3.69. The quantitative estimate of drug-likeness (QED) is 0.529. The molecule has 0 aromatic heterocycles. The topological polar surface area (TPSA) is 38.0 Å². The fourth-order valence-electron chi connectivity index (χ4n) is 2.01. The molecule has 1 aliphatic carbocycles. The van der Waals surface area contributed by atoms with Crippen LogP contribution < -0.4 is 11.3 Å². The van der Waals surface area contributed by atoms with Crippen LogP contribution in [0.3, 0.4) is 0 Å². The first kappa shape index (κ1) is 8.73. The van der Waals surface area contributed by atoms with Gasteiger partial charge >= 0.3 is 0 Å². The van der Waals surface area contributed by atoms with Gasteiger partial charge in [-0.2, -0.15) is 0 Å². The molecule has 1 aromatic rings.